The molecule has 0 aromatic heterocycles. The summed E-state index contributed by atoms with van der Waals surface area (Å²) in [5.41, 5.74) is 13.3. The average molecular weight is 295 g/mol. The van der Waals surface area contributed by atoms with E-state index in [1.54, 1.807) is 0 Å². The van der Waals surface area contributed by atoms with Crippen molar-refractivity contribution < 1.29 is 0 Å². The van der Waals surface area contributed by atoms with Crippen molar-refractivity contribution >= 4 is 43.7 Å². The SMILES string of the molecule is Nc1ccccc1[As](Cl)c1ccccc1N. The third kappa shape index (κ3) is 2.18. The number of anilines is 2. The Balaban J connectivity index is 2.44. The van der Waals surface area contributed by atoms with Crippen molar-refractivity contribution in [1.29, 1.82) is 0 Å². The third-order valence-corrected chi connectivity index (χ3v) is 7.67. The fraction of sp³-hybridized carbons (Fsp3) is 0. The van der Waals surface area contributed by atoms with Gasteiger partial charge in [0, 0.05) is 0 Å². The van der Waals surface area contributed by atoms with Gasteiger partial charge in [-0.1, -0.05) is 0 Å². The number of rotatable bonds is 2. The molecule has 2 nitrogen and oxygen atoms in total. The summed E-state index contributed by atoms with van der Waals surface area (Å²) in [4.78, 5) is 0. The standard InChI is InChI=1S/C12H12AsClN2/c14-13(9-5-1-3-7-11(9)15)10-6-2-4-8-12(10)16/h1-8H,15-16H2. The molecule has 0 unspecified atom stereocenters. The Labute approximate surface area is 104 Å². The molecule has 0 spiro atoms. The van der Waals surface area contributed by atoms with E-state index in [1.165, 1.54) is 0 Å². The van der Waals surface area contributed by atoms with Crippen LogP contribution in [-0.4, -0.2) is 13.7 Å². The van der Waals surface area contributed by atoms with Crippen LogP contribution in [0.25, 0.3) is 0 Å². The quantitative estimate of drug-likeness (QED) is 0.646. The number of nitrogens with two attached hydrogens (primary N) is 2. The summed E-state index contributed by atoms with van der Waals surface area (Å²) in [7, 11) is 6.53. The fourth-order valence-electron chi connectivity index (χ4n) is 1.46. The Morgan fingerprint density at radius 1 is 0.750 bits per heavy atom. The van der Waals surface area contributed by atoms with Gasteiger partial charge in [-0.3, -0.25) is 0 Å². The topological polar surface area (TPSA) is 52.0 Å². The van der Waals surface area contributed by atoms with Gasteiger partial charge in [-0.15, -0.1) is 0 Å². The van der Waals surface area contributed by atoms with Crippen LogP contribution in [-0.2, 0) is 0 Å². The van der Waals surface area contributed by atoms with Crippen LogP contribution in [0.3, 0.4) is 0 Å². The Bertz CT molecular complexity index is 456. The molecule has 0 heterocycles. The summed E-state index contributed by atoms with van der Waals surface area (Å²) in [5.74, 6) is 0. The number of halogens is 1. The molecule has 2 aromatic rings. The first kappa shape index (κ1) is 11.4. The summed E-state index contributed by atoms with van der Waals surface area (Å²) in [5, 5.41) is 0. The molecule has 0 amide bonds. The zero-order valence-electron chi connectivity index (χ0n) is 8.60. The predicted octanol–water partition coefficient (Wildman–Crippen LogP) is 1.20. The van der Waals surface area contributed by atoms with Crippen molar-refractivity contribution in [1.82, 2.24) is 0 Å². The number of hydrogen-bond donors (Lipinski definition) is 2. The van der Waals surface area contributed by atoms with Crippen molar-refractivity contribution in [3.8, 4) is 0 Å². The van der Waals surface area contributed by atoms with E-state index in [2.05, 4.69) is 0 Å². The molecule has 4 heteroatoms. The van der Waals surface area contributed by atoms with Gasteiger partial charge < -0.3 is 0 Å². The summed E-state index contributed by atoms with van der Waals surface area (Å²) >= 11 is -1.85. The van der Waals surface area contributed by atoms with Crippen LogP contribution in [0.2, 0.25) is 0 Å². The zero-order valence-corrected chi connectivity index (χ0v) is 11.2. The molecule has 0 aliphatic rings. The minimum absolute atomic E-state index is 0.751. The van der Waals surface area contributed by atoms with Gasteiger partial charge >= 0.3 is 104 Å². The second-order valence-corrected chi connectivity index (χ2v) is 8.36. The second-order valence-electron chi connectivity index (χ2n) is 3.40. The van der Waals surface area contributed by atoms with Gasteiger partial charge in [0.25, 0.3) is 0 Å². The molecule has 82 valence electrons. The predicted molar refractivity (Wildman–Crippen MR) is 72.6 cm³/mol. The molecule has 2 rings (SSSR count). The Kier molecular flexibility index (Phi) is 3.42. The number of para-hydroxylation sites is 2. The van der Waals surface area contributed by atoms with Gasteiger partial charge in [-0.05, 0) is 0 Å². The number of hydrogen-bond acceptors (Lipinski definition) is 2. The molecule has 0 aliphatic carbocycles. The third-order valence-electron chi connectivity index (χ3n) is 2.30. The zero-order chi connectivity index (χ0) is 11.5. The molecule has 0 aliphatic heterocycles. The van der Waals surface area contributed by atoms with Crippen LogP contribution in [0.5, 0.6) is 0 Å². The fourth-order valence-corrected chi connectivity index (χ4v) is 5.78. The molecule has 0 fully saturated rings. The summed E-state index contributed by atoms with van der Waals surface area (Å²) in [6, 6.07) is 15.4. The van der Waals surface area contributed by atoms with E-state index >= 15 is 0 Å². The van der Waals surface area contributed by atoms with Gasteiger partial charge in [0.05, 0.1) is 0 Å². The Morgan fingerprint density at radius 2 is 1.12 bits per heavy atom. The Morgan fingerprint density at radius 3 is 1.50 bits per heavy atom. The number of nitrogen functional groups attached to an aromatic ring is 2. The first-order chi connectivity index (χ1) is 7.70. The monoisotopic (exact) mass is 294 g/mol. The van der Waals surface area contributed by atoms with Crippen molar-refractivity contribution in [2.75, 3.05) is 11.5 Å². The molecule has 0 saturated carbocycles. The van der Waals surface area contributed by atoms with Crippen LogP contribution in [0.4, 0.5) is 11.4 Å². The maximum atomic E-state index is 6.53. The van der Waals surface area contributed by atoms with Crippen LogP contribution in [0.1, 0.15) is 0 Å². The van der Waals surface area contributed by atoms with Crippen LogP contribution in [0.15, 0.2) is 48.5 Å². The molecule has 0 atom stereocenters. The molecule has 0 radical (unpaired) electrons. The minimum atomic E-state index is -1.85. The summed E-state index contributed by atoms with van der Waals surface area (Å²) in [6.45, 7) is 0. The summed E-state index contributed by atoms with van der Waals surface area (Å²) in [6.07, 6.45) is 0. The average Bonchev–Trinajstić information content (AvgIpc) is 2.29. The molecule has 16 heavy (non-hydrogen) atoms. The molecule has 0 bridgehead atoms. The van der Waals surface area contributed by atoms with Gasteiger partial charge in [-0.25, -0.2) is 0 Å². The van der Waals surface area contributed by atoms with Crippen LogP contribution in [0, 0.1) is 0 Å². The molecular weight excluding hydrogens is 283 g/mol. The first-order valence-electron chi connectivity index (χ1n) is 4.85. The van der Waals surface area contributed by atoms with E-state index in [0.29, 0.717) is 0 Å². The molecule has 0 saturated heterocycles. The van der Waals surface area contributed by atoms with E-state index < -0.39 is 13.7 Å². The first-order valence-corrected chi connectivity index (χ1v) is 9.19. The number of benzene rings is 2. The van der Waals surface area contributed by atoms with Gasteiger partial charge in [0.15, 0.2) is 0 Å². The van der Waals surface area contributed by atoms with E-state index in [-0.39, 0.29) is 0 Å². The van der Waals surface area contributed by atoms with Crippen LogP contribution >= 0.6 is 9.95 Å². The van der Waals surface area contributed by atoms with E-state index in [0.717, 1.165) is 20.1 Å². The van der Waals surface area contributed by atoms with E-state index in [1.807, 2.05) is 48.5 Å². The van der Waals surface area contributed by atoms with Crippen molar-refractivity contribution in [3.05, 3.63) is 48.5 Å². The van der Waals surface area contributed by atoms with E-state index in [4.69, 9.17) is 21.4 Å². The van der Waals surface area contributed by atoms with Crippen molar-refractivity contribution in [3.63, 3.8) is 0 Å². The van der Waals surface area contributed by atoms with Crippen molar-refractivity contribution in [2.24, 2.45) is 0 Å². The normalized spacial score (nSPS) is 10.6. The van der Waals surface area contributed by atoms with Gasteiger partial charge in [-0.2, -0.15) is 0 Å². The second kappa shape index (κ2) is 4.82. The van der Waals surface area contributed by atoms with Crippen LogP contribution < -0.4 is 20.2 Å². The van der Waals surface area contributed by atoms with Gasteiger partial charge in [0.2, 0.25) is 0 Å². The van der Waals surface area contributed by atoms with Gasteiger partial charge in [0.1, 0.15) is 0 Å². The molecular formula is C12H12AsClN2. The maximum absolute atomic E-state index is 6.53. The van der Waals surface area contributed by atoms with E-state index in [9.17, 15) is 0 Å². The molecule has 4 N–H and O–H groups in total. The Hall–Kier alpha value is -1.11. The molecule has 2 aromatic carbocycles. The summed E-state index contributed by atoms with van der Waals surface area (Å²) < 4.78 is 2.07. The van der Waals surface area contributed by atoms with Crippen molar-refractivity contribution in [2.45, 2.75) is 0 Å².